The fourth-order valence-electron chi connectivity index (χ4n) is 13.2. The average Bonchev–Trinajstić information content (AvgIpc) is 1.58. The van der Waals surface area contributed by atoms with Crippen molar-refractivity contribution in [1.29, 1.82) is 0 Å². The Balaban J connectivity index is 1.08. The van der Waals surface area contributed by atoms with Gasteiger partial charge in [-0.3, -0.25) is 0 Å². The van der Waals surface area contributed by atoms with E-state index in [1.807, 2.05) is 6.07 Å². The molecule has 13 heteroatoms. The molecule has 0 saturated heterocycles. The van der Waals surface area contributed by atoms with Crippen molar-refractivity contribution in [1.82, 2.24) is 9.97 Å². The van der Waals surface area contributed by atoms with Gasteiger partial charge in [0.05, 0.1) is 42.2 Å². The van der Waals surface area contributed by atoms with Crippen molar-refractivity contribution in [2.75, 3.05) is 13.2 Å². The topological polar surface area (TPSA) is 48.6 Å². The van der Waals surface area contributed by atoms with Crippen LogP contribution in [0.5, 0.6) is 11.5 Å². The SMILES string of the molecule is [C-]#[N+]c1cc(-c2ccc(C)s2)c2nc(-c3ccc(OCC(CC)CCCC)cc3)c(-c3ccc(OCC(CC)CCCC)cc3)nc2c1-c1ccc(-c2cc3c(-c4cc(F)c(CC(CC)CCCC)s4)c4sc(C)cc4c(-c4cc(F)c(CC(CC)CCCC)s4)c3s2)s1. The molecule has 7 heterocycles. The van der Waals surface area contributed by atoms with E-state index in [-0.39, 0.29) is 11.6 Å². The highest BCUT2D eigenvalue weighted by molar-refractivity contribution is 7.28. The summed E-state index contributed by atoms with van der Waals surface area (Å²) in [7, 11) is 0. The number of fused-ring (bicyclic) bond motifs is 3. The van der Waals surface area contributed by atoms with Crippen LogP contribution < -0.4 is 9.47 Å². The van der Waals surface area contributed by atoms with Crippen molar-refractivity contribution >= 4 is 105 Å². The molecule has 94 heavy (non-hydrogen) atoms. The van der Waals surface area contributed by atoms with Crippen LogP contribution in [0.1, 0.15) is 178 Å². The van der Waals surface area contributed by atoms with Gasteiger partial charge in [-0.25, -0.2) is 23.6 Å². The van der Waals surface area contributed by atoms with E-state index in [1.165, 1.54) is 25.7 Å². The molecule has 4 unspecified atom stereocenters. The first-order valence-electron chi connectivity index (χ1n) is 34.8. The lowest BCUT2D eigenvalue weighted by Gasteiger charge is -2.18. The summed E-state index contributed by atoms with van der Waals surface area (Å²) in [5.74, 6) is 3.22. The number of unbranched alkanes of at least 4 members (excludes halogenated alkanes) is 4. The Labute approximate surface area is 581 Å². The molecule has 0 saturated carbocycles. The van der Waals surface area contributed by atoms with E-state index in [0.717, 1.165) is 215 Å². The maximum atomic E-state index is 16.6. The molecule has 11 rings (SSSR count). The van der Waals surface area contributed by atoms with Gasteiger partial charge in [0.2, 0.25) is 0 Å². The highest BCUT2D eigenvalue weighted by Crippen LogP contribution is 2.56. The molecule has 0 fully saturated rings. The van der Waals surface area contributed by atoms with E-state index >= 15 is 8.78 Å². The number of halogens is 2. The fraction of sp³-hybridized carbons (Fsp3) is 0.420. The Morgan fingerprint density at radius 3 is 1.38 bits per heavy atom. The lowest BCUT2D eigenvalue weighted by Crippen LogP contribution is -2.11. The second-order valence-electron chi connectivity index (χ2n) is 25.8. The Morgan fingerprint density at radius 2 is 0.904 bits per heavy atom. The van der Waals surface area contributed by atoms with E-state index in [4.69, 9.17) is 26.0 Å². The van der Waals surface area contributed by atoms with Gasteiger partial charge >= 0.3 is 0 Å². The van der Waals surface area contributed by atoms with Gasteiger partial charge in [-0.15, -0.1) is 68.0 Å². The molecule has 0 amide bonds. The van der Waals surface area contributed by atoms with Crippen molar-refractivity contribution in [3.63, 3.8) is 0 Å². The summed E-state index contributed by atoms with van der Waals surface area (Å²) in [5, 5.41) is 2.14. The third-order valence-electron chi connectivity index (χ3n) is 19.1. The number of rotatable bonds is 33. The van der Waals surface area contributed by atoms with E-state index in [1.54, 1.807) is 80.2 Å². The minimum absolute atomic E-state index is 0.127. The summed E-state index contributed by atoms with van der Waals surface area (Å²) in [6.45, 7) is 32.5. The largest absolute Gasteiger partial charge is 0.493 e. The Morgan fingerprint density at radius 1 is 0.436 bits per heavy atom. The summed E-state index contributed by atoms with van der Waals surface area (Å²) in [4.78, 5) is 25.7. The quantitative estimate of drug-likeness (QED) is 0.0385. The second kappa shape index (κ2) is 32.3. The molecule has 4 aromatic carbocycles. The average molecular weight is 1370 g/mol. The number of aromatic nitrogens is 2. The molecule has 0 N–H and O–H groups in total. The molecule has 0 spiro atoms. The number of benzene rings is 4. The van der Waals surface area contributed by atoms with Crippen molar-refractivity contribution in [3.05, 3.63) is 146 Å². The first-order valence-corrected chi connectivity index (χ1v) is 39.7. The maximum Gasteiger partial charge on any atom is 0.198 e. The number of nitrogens with zero attached hydrogens (tertiary/aromatic N) is 3. The summed E-state index contributed by atoms with van der Waals surface area (Å²) >= 11 is 10.0. The predicted octanol–water partition coefficient (Wildman–Crippen LogP) is 28.1. The van der Waals surface area contributed by atoms with Crippen molar-refractivity contribution < 1.29 is 18.3 Å². The normalized spacial score (nSPS) is 13.1. The highest BCUT2D eigenvalue weighted by atomic mass is 32.1. The fourth-order valence-corrected chi connectivity index (χ4v) is 20.1. The van der Waals surface area contributed by atoms with Gasteiger partial charge in [-0.1, -0.05) is 145 Å². The predicted molar refractivity (Wildman–Crippen MR) is 407 cm³/mol. The van der Waals surface area contributed by atoms with Gasteiger partial charge in [-0.2, -0.15) is 0 Å². The molecule has 5 nitrogen and oxygen atoms in total. The van der Waals surface area contributed by atoms with Gasteiger partial charge in [-0.05, 0) is 166 Å². The van der Waals surface area contributed by atoms with Gasteiger partial charge < -0.3 is 9.47 Å². The van der Waals surface area contributed by atoms with E-state index < -0.39 is 0 Å². The van der Waals surface area contributed by atoms with Crippen molar-refractivity contribution in [2.24, 2.45) is 23.7 Å². The zero-order chi connectivity index (χ0) is 66.0. The smallest absolute Gasteiger partial charge is 0.198 e. The van der Waals surface area contributed by atoms with Gasteiger partial charge in [0, 0.05) is 102 Å². The lowest BCUT2D eigenvalue weighted by atomic mass is 9.95. The molecule has 0 aliphatic rings. The van der Waals surface area contributed by atoms with Crippen molar-refractivity contribution in [2.45, 2.75) is 185 Å². The molecule has 0 bridgehead atoms. The minimum atomic E-state index is -0.127. The second-order valence-corrected chi connectivity index (χ2v) is 32.8. The number of aryl methyl sites for hydroxylation is 2. The first kappa shape index (κ1) is 69.2. The molecule has 0 radical (unpaired) electrons. The summed E-state index contributed by atoms with van der Waals surface area (Å²) in [6, 6.07) is 35.4. The summed E-state index contributed by atoms with van der Waals surface area (Å²) in [6.07, 6.45) is 19.4. The molecule has 0 aliphatic heterocycles. The molecule has 4 atom stereocenters. The van der Waals surface area contributed by atoms with Gasteiger partial charge in [0.25, 0.3) is 0 Å². The standard InChI is InChI=1S/C81H91F2N3O2S6/c1-12-20-24-51(16-5)41-68-62(82)45-71(92-68)73-60-40-50(10)90-80(60)74(72-46-63(83)69(93-72)42-52(17-6)25-21-13-2)61-44-70(94-81(61)73)66-38-39-67(91-66)75-64(84-11)43-59(65-37-28-49(9)89-65)78-79(75)86-77(56-31-35-58(36-32-56)88-48-54(19-8)27-23-15-4)76(85-78)55-29-33-57(34-30-55)87-47-53(18-7)26-22-14-3/h28-40,43-46,51-54H,12-27,41-42,47-48H2,1-10H3. The van der Waals surface area contributed by atoms with E-state index in [9.17, 15) is 0 Å². The summed E-state index contributed by atoms with van der Waals surface area (Å²) < 4.78 is 48.4. The molecular weight excluding hydrogens is 1280 g/mol. The van der Waals surface area contributed by atoms with Crippen molar-refractivity contribution in [3.8, 4) is 85.5 Å². The van der Waals surface area contributed by atoms with Crippen LogP contribution >= 0.6 is 68.0 Å². The van der Waals surface area contributed by atoms with Crippen LogP contribution in [0.15, 0.2) is 103 Å². The Hall–Kier alpha value is -6.11. The van der Waals surface area contributed by atoms with E-state index in [0.29, 0.717) is 53.8 Å². The van der Waals surface area contributed by atoms with Gasteiger partial charge in [0.1, 0.15) is 23.1 Å². The first-order chi connectivity index (χ1) is 45.8. The number of hydrogen-bond acceptors (Lipinski definition) is 10. The number of thiophene rings is 6. The van der Waals surface area contributed by atoms with Crippen LogP contribution in [-0.2, 0) is 12.8 Å². The summed E-state index contributed by atoms with van der Waals surface area (Å²) in [5.41, 5.74) is 8.84. The molecular formula is C81H91F2N3O2S6. The minimum Gasteiger partial charge on any atom is -0.493 e. The Bertz CT molecular complexity index is 4260. The molecule has 11 aromatic rings. The Kier molecular flexibility index (Phi) is 23.8. The molecule has 7 aromatic heterocycles. The van der Waals surface area contributed by atoms with Crippen LogP contribution in [0.2, 0.25) is 0 Å². The zero-order valence-corrected chi connectivity index (χ0v) is 61.5. The highest BCUT2D eigenvalue weighted by Gasteiger charge is 2.29. The van der Waals surface area contributed by atoms with Crippen LogP contribution in [0, 0.1) is 55.7 Å². The van der Waals surface area contributed by atoms with Crippen LogP contribution in [0.25, 0.3) is 110 Å². The number of hydrogen-bond donors (Lipinski definition) is 0. The van der Waals surface area contributed by atoms with E-state index in [2.05, 4.69) is 159 Å². The van der Waals surface area contributed by atoms with Crippen LogP contribution in [-0.4, -0.2) is 23.2 Å². The van der Waals surface area contributed by atoms with Gasteiger partial charge in [0.15, 0.2) is 5.69 Å². The molecule has 0 aliphatic carbocycles. The maximum absolute atomic E-state index is 16.6. The lowest BCUT2D eigenvalue weighted by molar-refractivity contribution is 0.233. The van der Waals surface area contributed by atoms with Crippen LogP contribution in [0.3, 0.4) is 0 Å². The molecule has 492 valence electrons. The third kappa shape index (κ3) is 15.5. The number of ether oxygens (including phenoxy) is 2. The third-order valence-corrected chi connectivity index (χ3v) is 25.9. The van der Waals surface area contributed by atoms with Crippen LogP contribution in [0.4, 0.5) is 14.5 Å². The zero-order valence-electron chi connectivity index (χ0n) is 56.6. The monoisotopic (exact) mass is 1370 g/mol.